The summed E-state index contributed by atoms with van der Waals surface area (Å²) >= 11 is 13.3. The van der Waals surface area contributed by atoms with Gasteiger partial charge in [-0.3, -0.25) is 9.97 Å². The number of nitrogen functional groups attached to an aromatic ring is 1. The van der Waals surface area contributed by atoms with Gasteiger partial charge in [-0.25, -0.2) is 19.4 Å². The van der Waals surface area contributed by atoms with Crippen LogP contribution in [0.1, 0.15) is 121 Å². The summed E-state index contributed by atoms with van der Waals surface area (Å²) in [5.41, 5.74) is 6.54. The molecular formula is C55H72Cl2N10O12. The number of anilines is 4. The van der Waals surface area contributed by atoms with Crippen LogP contribution in [0.2, 0.25) is 10.3 Å². The quantitative estimate of drug-likeness (QED) is 0.0377. The fourth-order valence-corrected chi connectivity index (χ4v) is 10.2. The molecule has 0 aromatic carbocycles. The van der Waals surface area contributed by atoms with Gasteiger partial charge in [-0.1, -0.05) is 57.3 Å². The van der Waals surface area contributed by atoms with Gasteiger partial charge in [0.1, 0.15) is 62.5 Å². The normalized spacial score (nSPS) is 21.3. The number of furan rings is 2. The van der Waals surface area contributed by atoms with Crippen LogP contribution in [0.4, 0.5) is 37.9 Å². The van der Waals surface area contributed by atoms with Crippen molar-refractivity contribution in [3.63, 3.8) is 0 Å². The predicted molar refractivity (Wildman–Crippen MR) is 299 cm³/mol. The third kappa shape index (κ3) is 14.1. The van der Waals surface area contributed by atoms with E-state index in [4.69, 9.17) is 61.7 Å². The Bertz CT molecular complexity index is 3140. The van der Waals surface area contributed by atoms with Crippen molar-refractivity contribution in [3.05, 3.63) is 58.4 Å². The number of aromatic nitrogens is 6. The molecule has 2 saturated carbocycles. The molecule has 2 amide bonds. The first kappa shape index (κ1) is 60.1. The van der Waals surface area contributed by atoms with Crippen LogP contribution in [-0.2, 0) is 31.8 Å². The number of nitrogens with two attached hydrogens (primary N) is 1. The average molecular weight is 1140 g/mol. The molecule has 2 aliphatic rings. The molecule has 0 aliphatic heterocycles. The predicted octanol–water partition coefficient (Wildman–Crippen LogP) is 10.9. The summed E-state index contributed by atoms with van der Waals surface area (Å²) in [5.74, 6) is 0.438. The molecule has 2 fully saturated rings. The molecule has 0 radical (unpaired) electrons. The molecule has 8 atom stereocenters. The maximum atomic E-state index is 13.6. The van der Waals surface area contributed by atoms with Crippen molar-refractivity contribution < 1.29 is 57.5 Å². The Hall–Kier alpha value is -6.59. The maximum Gasteiger partial charge on any atom is 0.509 e. The van der Waals surface area contributed by atoms with Crippen LogP contribution in [0.5, 0.6) is 0 Å². The number of imide groups is 1. The molecule has 79 heavy (non-hydrogen) atoms. The molecule has 8 rings (SSSR count). The number of rotatable bonds is 12. The minimum atomic E-state index is -1.08. The zero-order chi connectivity index (χ0) is 58.1. The molecule has 6 aromatic heterocycles. The van der Waals surface area contributed by atoms with E-state index < -0.39 is 71.5 Å². The monoisotopic (exact) mass is 1130 g/mol. The van der Waals surface area contributed by atoms with Crippen molar-refractivity contribution in [1.29, 1.82) is 0 Å². The number of aliphatic hydroxyl groups excluding tert-OH is 3. The fraction of sp³-hybridized carbons (Fsp3) is 0.545. The van der Waals surface area contributed by atoms with Crippen LogP contribution in [0.3, 0.4) is 0 Å². The molecule has 0 unspecified atom stereocenters. The van der Waals surface area contributed by atoms with Gasteiger partial charge in [-0.05, 0) is 124 Å². The lowest BCUT2D eigenvalue weighted by Gasteiger charge is -2.29. The van der Waals surface area contributed by atoms with Gasteiger partial charge in [0.2, 0.25) is 11.9 Å². The standard InChI is InChI=1S/C36H50ClN5O8.C19H22ClN5O4/c1-13-20-17-23(26(19(20)3)47-33(45)50-36(10,11)12)39-29-25(24-18-21-15-16-38-22(14-2)27(21)46-24)28(37)40-30(41-29)42(31(43)48-34(4,5)6)32(44)49-35(7,8)9;1-2-10-16-8(3-4-22-10)6-12(29-16)13-17(20)24-19(21)25-18(13)23-11-5-9(7-26)14(27)15(11)28/h15-16,18-20,23,26H,13-14,17H2,1-12H3,(H,39,40,41);3-4,6,9,11,14-15,26-28H,2,5,7H2,1H3,(H3,21,23,24,25)/t19-,20+,23-,26-;9-,11-,14-,15+/m11/s1. The van der Waals surface area contributed by atoms with E-state index in [1.807, 2.05) is 39.0 Å². The third-order valence-electron chi connectivity index (χ3n) is 13.3. The van der Waals surface area contributed by atoms with Crippen LogP contribution < -0.4 is 21.3 Å². The number of carbonyl (C=O) groups is 3. The first-order valence-electron chi connectivity index (χ1n) is 26.3. The Kier molecular flexibility index (Phi) is 18.3. The molecule has 0 bridgehead atoms. The van der Waals surface area contributed by atoms with E-state index in [2.05, 4.69) is 42.5 Å². The summed E-state index contributed by atoms with van der Waals surface area (Å²) in [5, 5.41) is 38.0. The SMILES string of the molecule is CCc1nccc2cc(-c3c(Cl)nc(N(C(=O)OC(C)(C)C)C(=O)OC(C)(C)C)nc3N[C@@H]3C[C@H](CC)[C@@H](C)[C@H]3OC(=O)OC(C)(C)C)oc12.CCc1nccc2cc(-c3c(Cl)nc(N)nc3N[C@@H]3C[C@H](CO)[C@@H](O)[C@H]3O)oc12. The van der Waals surface area contributed by atoms with Crippen molar-refractivity contribution in [2.45, 2.75) is 169 Å². The van der Waals surface area contributed by atoms with Gasteiger partial charge in [-0.2, -0.15) is 15.0 Å². The summed E-state index contributed by atoms with van der Waals surface area (Å²) in [4.78, 5) is 66.8. The molecule has 428 valence electrons. The first-order chi connectivity index (χ1) is 37.0. The minimum Gasteiger partial charge on any atom is -0.454 e. The lowest BCUT2D eigenvalue weighted by molar-refractivity contribution is -0.0366. The van der Waals surface area contributed by atoms with Crippen molar-refractivity contribution in [3.8, 4) is 22.6 Å². The second-order valence-electron chi connectivity index (χ2n) is 22.7. The Morgan fingerprint density at radius 3 is 1.66 bits per heavy atom. The van der Waals surface area contributed by atoms with E-state index in [1.165, 1.54) is 0 Å². The van der Waals surface area contributed by atoms with Gasteiger partial charge in [0, 0.05) is 35.7 Å². The van der Waals surface area contributed by atoms with Gasteiger partial charge in [0.05, 0.1) is 40.7 Å². The Morgan fingerprint density at radius 2 is 1.19 bits per heavy atom. The number of pyridine rings is 2. The summed E-state index contributed by atoms with van der Waals surface area (Å²) in [6.45, 7) is 23.1. The Morgan fingerprint density at radius 1 is 0.709 bits per heavy atom. The number of aryl methyl sites for hydroxylation is 2. The van der Waals surface area contributed by atoms with E-state index >= 15 is 0 Å². The van der Waals surface area contributed by atoms with Gasteiger partial charge in [-0.15, -0.1) is 4.90 Å². The van der Waals surface area contributed by atoms with Gasteiger partial charge in [0.15, 0.2) is 11.2 Å². The molecule has 0 spiro atoms. The number of aliphatic hydroxyl groups is 3. The molecular weight excluding hydrogens is 1060 g/mol. The van der Waals surface area contributed by atoms with Crippen molar-refractivity contribution in [2.75, 3.05) is 27.9 Å². The zero-order valence-corrected chi connectivity index (χ0v) is 48.3. The van der Waals surface area contributed by atoms with Crippen LogP contribution >= 0.6 is 23.2 Å². The Balaban J connectivity index is 0.000000262. The highest BCUT2D eigenvalue weighted by molar-refractivity contribution is 6.33. The smallest absolute Gasteiger partial charge is 0.454 e. The Labute approximate surface area is 468 Å². The summed E-state index contributed by atoms with van der Waals surface area (Å²) in [7, 11) is 0. The minimum absolute atomic E-state index is 0.0416. The number of hydrogen-bond donors (Lipinski definition) is 6. The first-order valence-corrected chi connectivity index (χ1v) is 27.1. The summed E-state index contributed by atoms with van der Waals surface area (Å²) < 4.78 is 35.0. The van der Waals surface area contributed by atoms with Crippen molar-refractivity contribution in [2.24, 2.45) is 17.8 Å². The molecule has 2 aliphatic carbocycles. The highest BCUT2D eigenvalue weighted by Gasteiger charge is 2.45. The van der Waals surface area contributed by atoms with E-state index in [0.29, 0.717) is 58.8 Å². The largest absolute Gasteiger partial charge is 0.509 e. The van der Waals surface area contributed by atoms with Crippen LogP contribution in [-0.4, -0.2) is 117 Å². The fourth-order valence-electron chi connectivity index (χ4n) is 9.63. The van der Waals surface area contributed by atoms with Gasteiger partial charge < -0.3 is 59.5 Å². The molecule has 6 heterocycles. The lowest BCUT2D eigenvalue weighted by atomic mass is 9.95. The highest BCUT2D eigenvalue weighted by atomic mass is 35.5. The van der Waals surface area contributed by atoms with Crippen LogP contribution in [0, 0.1) is 17.8 Å². The van der Waals surface area contributed by atoms with E-state index in [0.717, 1.165) is 28.6 Å². The summed E-state index contributed by atoms with van der Waals surface area (Å²) in [6.07, 6.45) is 0.867. The van der Waals surface area contributed by atoms with E-state index in [-0.39, 0.29) is 57.8 Å². The molecule has 24 heteroatoms. The number of carbonyl (C=O) groups excluding carboxylic acids is 3. The van der Waals surface area contributed by atoms with Crippen molar-refractivity contribution in [1.82, 2.24) is 29.9 Å². The number of hydrogen-bond acceptors (Lipinski definition) is 21. The summed E-state index contributed by atoms with van der Waals surface area (Å²) in [6, 6.07) is 6.24. The van der Waals surface area contributed by atoms with Crippen molar-refractivity contribution >= 4 is 87.0 Å². The maximum absolute atomic E-state index is 13.6. The lowest BCUT2D eigenvalue weighted by Crippen LogP contribution is -2.45. The number of amides is 2. The molecule has 0 saturated heterocycles. The number of ether oxygens (including phenoxy) is 4. The number of nitrogens with one attached hydrogen (secondary N) is 2. The zero-order valence-electron chi connectivity index (χ0n) is 46.8. The third-order valence-corrected chi connectivity index (χ3v) is 13.9. The van der Waals surface area contributed by atoms with E-state index in [1.54, 1.807) is 80.8 Å². The molecule has 7 N–H and O–H groups in total. The van der Waals surface area contributed by atoms with E-state index in [9.17, 15) is 29.7 Å². The second-order valence-corrected chi connectivity index (χ2v) is 23.4. The average Bonchev–Trinajstić information content (AvgIpc) is 4.34. The highest BCUT2D eigenvalue weighted by Crippen LogP contribution is 2.44. The molecule has 22 nitrogen and oxygen atoms in total. The number of nitrogens with zero attached hydrogens (tertiary/aromatic N) is 7. The van der Waals surface area contributed by atoms with Crippen LogP contribution in [0.15, 0.2) is 45.5 Å². The van der Waals surface area contributed by atoms with Gasteiger partial charge in [0.25, 0.3) is 0 Å². The second kappa shape index (κ2) is 24.0. The number of halogens is 2. The topological polar surface area (TPSA) is 306 Å². The number of fused-ring (bicyclic) bond motifs is 2. The van der Waals surface area contributed by atoms with Crippen LogP contribution in [0.25, 0.3) is 44.6 Å². The molecule has 6 aromatic rings. The van der Waals surface area contributed by atoms with Gasteiger partial charge >= 0.3 is 18.3 Å².